The molecule has 0 N–H and O–H groups in total. The van der Waals surface area contributed by atoms with Crippen molar-refractivity contribution in [2.24, 2.45) is 29.6 Å². The molecule has 3 aliphatic rings. The van der Waals surface area contributed by atoms with Crippen LogP contribution in [0.25, 0.3) is 0 Å². The molecule has 32 heavy (non-hydrogen) atoms. The number of benzene rings is 1. The second kappa shape index (κ2) is 11.7. The second-order valence-electron chi connectivity index (χ2n) is 11.1. The van der Waals surface area contributed by atoms with Crippen molar-refractivity contribution in [3.05, 3.63) is 41.7 Å². The third-order valence-electron chi connectivity index (χ3n) is 9.16. The van der Waals surface area contributed by atoms with E-state index in [2.05, 4.69) is 6.92 Å². The zero-order chi connectivity index (χ0) is 22.3. The van der Waals surface area contributed by atoms with Crippen LogP contribution in [0.4, 0.5) is 4.39 Å². The Kier molecular flexibility index (Phi) is 8.72. The van der Waals surface area contributed by atoms with E-state index in [1.807, 2.05) is 31.2 Å². The first kappa shape index (κ1) is 23.8. The van der Waals surface area contributed by atoms with Crippen LogP contribution in [0.2, 0.25) is 0 Å². The Morgan fingerprint density at radius 1 is 0.906 bits per heavy atom. The van der Waals surface area contributed by atoms with Crippen LogP contribution in [0.15, 0.2) is 30.4 Å². The predicted molar refractivity (Wildman–Crippen MR) is 133 cm³/mol. The molecule has 0 bridgehead atoms. The highest BCUT2D eigenvalue weighted by Crippen LogP contribution is 2.50. The number of unbranched alkanes of at least 4 members (excludes halogenated alkanes) is 1. The lowest BCUT2D eigenvalue weighted by atomic mass is 9.60. The van der Waals surface area contributed by atoms with Gasteiger partial charge >= 0.3 is 0 Å². The van der Waals surface area contributed by atoms with E-state index >= 15 is 0 Å². The molecule has 0 heterocycles. The molecule has 0 saturated heterocycles. The van der Waals surface area contributed by atoms with Gasteiger partial charge in [0.2, 0.25) is 0 Å². The molecule has 0 amide bonds. The van der Waals surface area contributed by atoms with Crippen molar-refractivity contribution < 1.29 is 9.13 Å². The van der Waals surface area contributed by atoms with Gasteiger partial charge in [0.25, 0.3) is 0 Å². The third-order valence-corrected chi connectivity index (χ3v) is 9.16. The summed E-state index contributed by atoms with van der Waals surface area (Å²) < 4.78 is 20.4. The van der Waals surface area contributed by atoms with Crippen molar-refractivity contribution in [3.63, 3.8) is 0 Å². The monoisotopic (exact) mass is 440 g/mol. The molecule has 178 valence electrons. The maximum Gasteiger partial charge on any atom is 0.130 e. The van der Waals surface area contributed by atoms with Gasteiger partial charge in [0, 0.05) is 6.07 Å². The van der Waals surface area contributed by atoms with Crippen molar-refractivity contribution in [1.29, 1.82) is 0 Å². The fourth-order valence-electron chi connectivity index (χ4n) is 7.28. The normalized spacial score (nSPS) is 33.2. The number of fused-ring (bicyclic) bond motifs is 1. The minimum absolute atomic E-state index is 0.0771. The van der Waals surface area contributed by atoms with Crippen LogP contribution in [0.1, 0.15) is 109 Å². The van der Waals surface area contributed by atoms with Crippen LogP contribution < -0.4 is 4.74 Å². The van der Waals surface area contributed by atoms with E-state index in [1.54, 1.807) is 6.07 Å². The van der Waals surface area contributed by atoms with Gasteiger partial charge < -0.3 is 4.74 Å². The summed E-state index contributed by atoms with van der Waals surface area (Å²) in [7, 11) is 0. The third kappa shape index (κ3) is 5.97. The van der Waals surface area contributed by atoms with Crippen LogP contribution in [0, 0.1) is 35.4 Å². The van der Waals surface area contributed by atoms with Gasteiger partial charge in [-0.1, -0.05) is 50.8 Å². The van der Waals surface area contributed by atoms with E-state index in [1.165, 1.54) is 70.6 Å². The summed E-state index contributed by atoms with van der Waals surface area (Å²) in [5.41, 5.74) is 0.913. The first-order valence-electron chi connectivity index (χ1n) is 13.7. The fraction of sp³-hybridized carbons (Fsp3) is 0.733. The lowest BCUT2D eigenvalue weighted by molar-refractivity contribution is 0.0613. The van der Waals surface area contributed by atoms with Gasteiger partial charge in [-0.05, 0) is 112 Å². The molecule has 2 heteroatoms. The summed E-state index contributed by atoms with van der Waals surface area (Å²) in [5.74, 6) is 5.84. The van der Waals surface area contributed by atoms with Gasteiger partial charge in [-0.15, -0.1) is 0 Å². The Morgan fingerprint density at radius 3 is 2.31 bits per heavy atom. The standard InChI is InChI=1S/C30H45FO/c1-3-5-7-22-8-9-27-20-26(15-14-25(27)19-22)23-10-12-24(13-11-23)29-17-16-28(21-30(29)31)32-18-6-4-2/h4,6,16-17,21-27H,3,5,7-15,18-20H2,1-2H3/b6-4+. The molecule has 4 unspecified atom stereocenters. The van der Waals surface area contributed by atoms with Crippen LogP contribution in [-0.2, 0) is 0 Å². The first-order valence-corrected chi connectivity index (χ1v) is 13.7. The highest BCUT2D eigenvalue weighted by atomic mass is 19.1. The Balaban J connectivity index is 1.25. The van der Waals surface area contributed by atoms with E-state index in [9.17, 15) is 4.39 Å². The van der Waals surface area contributed by atoms with E-state index in [0.717, 1.165) is 48.0 Å². The van der Waals surface area contributed by atoms with E-state index in [-0.39, 0.29) is 5.82 Å². The first-order chi connectivity index (χ1) is 15.7. The fourth-order valence-corrected chi connectivity index (χ4v) is 7.28. The molecule has 4 rings (SSSR count). The molecule has 3 saturated carbocycles. The van der Waals surface area contributed by atoms with E-state index in [4.69, 9.17) is 4.74 Å². The molecule has 4 atom stereocenters. The summed E-state index contributed by atoms with van der Waals surface area (Å²) in [6.07, 6.45) is 22.0. The molecule has 1 aromatic carbocycles. The smallest absolute Gasteiger partial charge is 0.130 e. The summed E-state index contributed by atoms with van der Waals surface area (Å²) in [6, 6.07) is 5.52. The van der Waals surface area contributed by atoms with Crippen LogP contribution in [0.3, 0.4) is 0 Å². The molecule has 3 aliphatic carbocycles. The molecule has 1 aromatic rings. The number of hydrogen-bond donors (Lipinski definition) is 0. The van der Waals surface area contributed by atoms with E-state index < -0.39 is 0 Å². The number of hydrogen-bond acceptors (Lipinski definition) is 1. The number of allylic oxidation sites excluding steroid dienone is 1. The SMILES string of the molecule is C/C=C/COc1ccc(C2CCC(C3CCC4CC(CCCC)CCC4C3)CC2)c(F)c1. The van der Waals surface area contributed by atoms with Crippen LogP contribution in [0.5, 0.6) is 5.75 Å². The van der Waals surface area contributed by atoms with Gasteiger partial charge in [0.1, 0.15) is 18.2 Å². The maximum absolute atomic E-state index is 14.8. The van der Waals surface area contributed by atoms with E-state index in [0.29, 0.717) is 18.3 Å². The lowest BCUT2D eigenvalue weighted by Gasteiger charge is -2.45. The summed E-state index contributed by atoms with van der Waals surface area (Å²) >= 11 is 0. The molecule has 1 nitrogen and oxygen atoms in total. The molecule has 0 radical (unpaired) electrons. The largest absolute Gasteiger partial charge is 0.489 e. The minimum Gasteiger partial charge on any atom is -0.489 e. The number of ether oxygens (including phenoxy) is 1. The molecule has 3 fully saturated rings. The summed E-state index contributed by atoms with van der Waals surface area (Å²) in [6.45, 7) is 4.80. The van der Waals surface area contributed by atoms with Gasteiger partial charge in [0.05, 0.1) is 0 Å². The summed E-state index contributed by atoms with van der Waals surface area (Å²) in [4.78, 5) is 0. The average molecular weight is 441 g/mol. The second-order valence-corrected chi connectivity index (χ2v) is 11.1. The highest BCUT2D eigenvalue weighted by Gasteiger charge is 2.38. The van der Waals surface area contributed by atoms with Gasteiger partial charge in [-0.2, -0.15) is 0 Å². The Bertz CT molecular complexity index is 732. The Hall–Kier alpha value is -1.31. The molecule has 0 aliphatic heterocycles. The predicted octanol–water partition coefficient (Wildman–Crippen LogP) is 9.08. The Labute approximate surface area is 196 Å². The Morgan fingerprint density at radius 2 is 1.59 bits per heavy atom. The average Bonchev–Trinajstić information content (AvgIpc) is 2.83. The van der Waals surface area contributed by atoms with Crippen molar-refractivity contribution in [3.8, 4) is 5.75 Å². The lowest BCUT2D eigenvalue weighted by Crippen LogP contribution is -2.34. The number of halogens is 1. The van der Waals surface area contributed by atoms with Gasteiger partial charge in [-0.25, -0.2) is 4.39 Å². The highest BCUT2D eigenvalue weighted by molar-refractivity contribution is 5.31. The minimum atomic E-state index is -0.0771. The summed E-state index contributed by atoms with van der Waals surface area (Å²) in [5, 5.41) is 0. The quantitative estimate of drug-likeness (QED) is 0.366. The van der Waals surface area contributed by atoms with Crippen molar-refractivity contribution in [2.45, 2.75) is 103 Å². The zero-order valence-corrected chi connectivity index (χ0v) is 20.5. The van der Waals surface area contributed by atoms with Crippen molar-refractivity contribution >= 4 is 0 Å². The van der Waals surface area contributed by atoms with Gasteiger partial charge in [-0.3, -0.25) is 0 Å². The molecule has 0 aromatic heterocycles. The van der Waals surface area contributed by atoms with Crippen LogP contribution in [-0.4, -0.2) is 6.61 Å². The van der Waals surface area contributed by atoms with Crippen molar-refractivity contribution in [1.82, 2.24) is 0 Å². The zero-order valence-electron chi connectivity index (χ0n) is 20.5. The van der Waals surface area contributed by atoms with Crippen LogP contribution >= 0.6 is 0 Å². The number of rotatable bonds is 8. The van der Waals surface area contributed by atoms with Gasteiger partial charge in [0.15, 0.2) is 0 Å². The molecule has 0 spiro atoms. The molecular weight excluding hydrogens is 395 g/mol. The van der Waals surface area contributed by atoms with Crippen molar-refractivity contribution in [2.75, 3.05) is 6.61 Å². The molecular formula is C30H45FO. The topological polar surface area (TPSA) is 9.23 Å². The maximum atomic E-state index is 14.8.